The molecule has 9 heteroatoms. The number of carbonyl (C=O) groups is 1. The van der Waals surface area contributed by atoms with Crippen molar-refractivity contribution in [2.24, 2.45) is 0 Å². The number of nitro benzene ring substituents is 1. The number of benzene rings is 2. The van der Waals surface area contributed by atoms with Gasteiger partial charge in [-0.2, -0.15) is 0 Å². The van der Waals surface area contributed by atoms with Crippen LogP contribution in [0.15, 0.2) is 48.5 Å². The molecule has 0 fully saturated rings. The molecular weight excluding hydrogens is 419 g/mol. The van der Waals surface area contributed by atoms with Crippen LogP contribution >= 0.6 is 11.3 Å². The molecular formula is C22H23FN4O3S. The lowest BCUT2D eigenvalue weighted by atomic mass is 10.2. The number of fused-ring (bicyclic) bond motifs is 1. The molecule has 0 spiro atoms. The van der Waals surface area contributed by atoms with Crippen molar-refractivity contribution in [3.05, 3.63) is 70.0 Å². The summed E-state index contributed by atoms with van der Waals surface area (Å²) < 4.78 is 14.3. The van der Waals surface area contributed by atoms with E-state index >= 15 is 0 Å². The molecule has 0 aliphatic carbocycles. The summed E-state index contributed by atoms with van der Waals surface area (Å²) >= 11 is 1.27. The van der Waals surface area contributed by atoms with Crippen LogP contribution < -0.4 is 4.90 Å². The third-order valence-electron chi connectivity index (χ3n) is 4.89. The van der Waals surface area contributed by atoms with Gasteiger partial charge in [0.15, 0.2) is 5.13 Å². The van der Waals surface area contributed by atoms with E-state index in [1.807, 2.05) is 0 Å². The highest BCUT2D eigenvalue weighted by molar-refractivity contribution is 7.22. The molecule has 162 valence electrons. The van der Waals surface area contributed by atoms with Crippen molar-refractivity contribution in [2.45, 2.75) is 13.8 Å². The normalized spacial score (nSPS) is 11.5. The molecule has 2 aromatic carbocycles. The van der Waals surface area contributed by atoms with Crippen molar-refractivity contribution < 1.29 is 14.1 Å². The SMILES string of the molecule is CCN(CC)CCN(C(=O)/C=C\c1ccc([N+](=O)[O-])cc1)c1nc2ccc(F)cc2s1. The van der Waals surface area contributed by atoms with Gasteiger partial charge in [0, 0.05) is 31.3 Å². The Balaban J connectivity index is 1.84. The van der Waals surface area contributed by atoms with Gasteiger partial charge in [0.1, 0.15) is 5.82 Å². The second-order valence-electron chi connectivity index (χ2n) is 6.81. The molecule has 0 saturated carbocycles. The van der Waals surface area contributed by atoms with Gasteiger partial charge in [-0.05, 0) is 55.1 Å². The van der Waals surface area contributed by atoms with Gasteiger partial charge >= 0.3 is 0 Å². The number of rotatable bonds is 9. The lowest BCUT2D eigenvalue weighted by Gasteiger charge is -2.23. The van der Waals surface area contributed by atoms with E-state index in [-0.39, 0.29) is 17.4 Å². The lowest BCUT2D eigenvalue weighted by Crippen LogP contribution is -2.38. The van der Waals surface area contributed by atoms with Crippen LogP contribution in [0.3, 0.4) is 0 Å². The number of nitrogens with zero attached hydrogens (tertiary/aromatic N) is 4. The van der Waals surface area contributed by atoms with Crippen LogP contribution in [0, 0.1) is 15.9 Å². The molecule has 0 unspecified atom stereocenters. The van der Waals surface area contributed by atoms with Gasteiger partial charge in [-0.15, -0.1) is 0 Å². The highest BCUT2D eigenvalue weighted by atomic mass is 32.1. The lowest BCUT2D eigenvalue weighted by molar-refractivity contribution is -0.384. The summed E-state index contributed by atoms with van der Waals surface area (Å²) in [5.41, 5.74) is 1.31. The molecule has 0 atom stereocenters. The van der Waals surface area contributed by atoms with E-state index in [1.165, 1.54) is 41.7 Å². The molecule has 3 rings (SSSR count). The molecule has 0 radical (unpaired) electrons. The van der Waals surface area contributed by atoms with Gasteiger partial charge < -0.3 is 4.90 Å². The van der Waals surface area contributed by atoms with E-state index in [9.17, 15) is 19.3 Å². The second-order valence-corrected chi connectivity index (χ2v) is 7.82. The molecule has 3 aromatic rings. The average molecular weight is 443 g/mol. The number of thiazole rings is 1. The maximum Gasteiger partial charge on any atom is 0.269 e. The third-order valence-corrected chi connectivity index (χ3v) is 5.93. The number of halogens is 1. The standard InChI is InChI=1S/C22H23FN4O3S/c1-3-25(4-2)13-14-26(22-24-19-11-8-17(23)15-20(19)31-22)21(28)12-7-16-5-9-18(10-6-16)27(29)30/h5-12,15H,3-4,13-14H2,1-2H3/b12-7-. The first-order chi connectivity index (χ1) is 14.9. The molecule has 0 aliphatic heterocycles. The van der Waals surface area contributed by atoms with Gasteiger partial charge in [-0.25, -0.2) is 9.37 Å². The number of likely N-dealkylation sites (N-methyl/N-ethyl adjacent to an activating group) is 1. The smallest absolute Gasteiger partial charge is 0.269 e. The first-order valence-corrected chi connectivity index (χ1v) is 10.8. The van der Waals surface area contributed by atoms with Gasteiger partial charge in [-0.3, -0.25) is 19.8 Å². The van der Waals surface area contributed by atoms with Crippen molar-refractivity contribution >= 4 is 44.4 Å². The fraction of sp³-hybridized carbons (Fsp3) is 0.273. The zero-order valence-electron chi connectivity index (χ0n) is 17.3. The Kier molecular flexibility index (Phi) is 7.43. The fourth-order valence-electron chi connectivity index (χ4n) is 3.05. The predicted octanol–water partition coefficient (Wildman–Crippen LogP) is 4.73. The number of aromatic nitrogens is 1. The predicted molar refractivity (Wildman–Crippen MR) is 122 cm³/mol. The van der Waals surface area contributed by atoms with E-state index in [0.29, 0.717) is 34.0 Å². The topological polar surface area (TPSA) is 79.6 Å². The quantitative estimate of drug-likeness (QED) is 0.272. The van der Waals surface area contributed by atoms with Crippen molar-refractivity contribution in [1.82, 2.24) is 9.88 Å². The van der Waals surface area contributed by atoms with Crippen LogP contribution in [0.2, 0.25) is 0 Å². The second kappa shape index (κ2) is 10.2. The van der Waals surface area contributed by atoms with E-state index in [1.54, 1.807) is 29.2 Å². The Labute approximate surface area is 183 Å². The largest absolute Gasteiger partial charge is 0.302 e. The Hall–Kier alpha value is -3.17. The number of hydrogen-bond acceptors (Lipinski definition) is 6. The zero-order chi connectivity index (χ0) is 22.4. The number of hydrogen-bond donors (Lipinski definition) is 0. The van der Waals surface area contributed by atoms with E-state index in [4.69, 9.17) is 0 Å². The summed E-state index contributed by atoms with van der Waals surface area (Å²) in [5, 5.41) is 11.3. The summed E-state index contributed by atoms with van der Waals surface area (Å²) in [4.78, 5) is 31.7. The monoisotopic (exact) mass is 442 g/mol. The first-order valence-electron chi connectivity index (χ1n) is 9.93. The fourth-order valence-corrected chi connectivity index (χ4v) is 4.07. The minimum atomic E-state index is -0.469. The summed E-state index contributed by atoms with van der Waals surface area (Å²) in [7, 11) is 0. The number of non-ortho nitro benzene ring substituents is 1. The molecule has 0 aliphatic rings. The van der Waals surface area contributed by atoms with Crippen molar-refractivity contribution in [1.29, 1.82) is 0 Å². The van der Waals surface area contributed by atoms with Gasteiger partial charge in [-0.1, -0.05) is 25.2 Å². The molecule has 7 nitrogen and oxygen atoms in total. The first kappa shape index (κ1) is 22.5. The summed E-state index contributed by atoms with van der Waals surface area (Å²) in [6.45, 7) is 6.96. The molecule has 1 aromatic heterocycles. The Morgan fingerprint density at radius 3 is 2.52 bits per heavy atom. The Morgan fingerprint density at radius 1 is 1.16 bits per heavy atom. The molecule has 0 saturated heterocycles. The molecule has 31 heavy (non-hydrogen) atoms. The zero-order valence-corrected chi connectivity index (χ0v) is 18.1. The summed E-state index contributed by atoms with van der Waals surface area (Å²) in [6, 6.07) is 10.3. The minimum absolute atomic E-state index is 0.00830. The van der Waals surface area contributed by atoms with Crippen molar-refractivity contribution in [3.8, 4) is 0 Å². The number of amides is 1. The average Bonchev–Trinajstić information content (AvgIpc) is 3.18. The van der Waals surface area contributed by atoms with Gasteiger partial charge in [0.25, 0.3) is 11.6 Å². The van der Waals surface area contributed by atoms with Crippen molar-refractivity contribution in [2.75, 3.05) is 31.1 Å². The van der Waals surface area contributed by atoms with E-state index in [0.717, 1.165) is 13.1 Å². The number of nitro groups is 1. The molecule has 0 bridgehead atoms. The molecule has 0 N–H and O–H groups in total. The maximum atomic E-state index is 13.6. The molecule has 1 amide bonds. The minimum Gasteiger partial charge on any atom is -0.302 e. The van der Waals surface area contributed by atoms with Crippen LogP contribution in [0.4, 0.5) is 15.2 Å². The van der Waals surface area contributed by atoms with E-state index in [2.05, 4.69) is 23.7 Å². The number of carbonyl (C=O) groups excluding carboxylic acids is 1. The van der Waals surface area contributed by atoms with Gasteiger partial charge in [0.05, 0.1) is 15.1 Å². The number of anilines is 1. The highest BCUT2D eigenvalue weighted by Crippen LogP contribution is 2.29. The summed E-state index contributed by atoms with van der Waals surface area (Å²) in [6.07, 6.45) is 3.04. The van der Waals surface area contributed by atoms with Crippen molar-refractivity contribution in [3.63, 3.8) is 0 Å². The summed E-state index contributed by atoms with van der Waals surface area (Å²) in [5.74, 6) is -0.605. The van der Waals surface area contributed by atoms with Gasteiger partial charge in [0.2, 0.25) is 0 Å². The third kappa shape index (κ3) is 5.71. The Morgan fingerprint density at radius 2 is 1.87 bits per heavy atom. The highest BCUT2D eigenvalue weighted by Gasteiger charge is 2.19. The van der Waals surface area contributed by atoms with Crippen LogP contribution in [-0.2, 0) is 4.79 Å². The maximum absolute atomic E-state index is 13.6. The van der Waals surface area contributed by atoms with Crippen LogP contribution in [-0.4, -0.2) is 46.9 Å². The molecule has 1 heterocycles. The van der Waals surface area contributed by atoms with Crippen LogP contribution in [0.1, 0.15) is 19.4 Å². The van der Waals surface area contributed by atoms with Crippen LogP contribution in [0.5, 0.6) is 0 Å². The van der Waals surface area contributed by atoms with E-state index < -0.39 is 4.92 Å². The van der Waals surface area contributed by atoms with Crippen LogP contribution in [0.25, 0.3) is 16.3 Å². The Bertz CT molecular complexity index is 1090.